The molecule has 2 N–H and O–H groups in total. The lowest BCUT2D eigenvalue weighted by Crippen LogP contribution is -2.32. The summed E-state index contributed by atoms with van der Waals surface area (Å²) in [6.45, 7) is 0.135. The van der Waals surface area contributed by atoms with Crippen molar-refractivity contribution in [3.8, 4) is 0 Å². The number of aromatic nitrogens is 2. The fourth-order valence-corrected chi connectivity index (χ4v) is 1.36. The summed E-state index contributed by atoms with van der Waals surface area (Å²) >= 11 is 9.49. The Morgan fingerprint density at radius 2 is 2.41 bits per heavy atom. The van der Waals surface area contributed by atoms with E-state index in [1.54, 1.807) is 12.4 Å². The summed E-state index contributed by atoms with van der Waals surface area (Å²) in [6, 6.07) is 0. The van der Waals surface area contributed by atoms with Crippen LogP contribution in [0.2, 0.25) is 0 Å². The summed E-state index contributed by atoms with van der Waals surface area (Å²) in [5.41, 5.74) is 0. The minimum atomic E-state index is -0.810. The summed E-state index contributed by atoms with van der Waals surface area (Å²) in [5.74, 6) is -0.171. The quantitative estimate of drug-likeness (QED) is 0.559. The highest BCUT2D eigenvalue weighted by Crippen LogP contribution is 2.19. The molecule has 6 nitrogen and oxygen atoms in total. The molecule has 0 saturated carbocycles. The van der Waals surface area contributed by atoms with Crippen LogP contribution in [-0.2, 0) is 9.53 Å². The molecule has 94 valence electrons. The van der Waals surface area contributed by atoms with Crippen molar-refractivity contribution in [1.82, 2.24) is 15.3 Å². The van der Waals surface area contributed by atoms with Crippen LogP contribution in [0.4, 0.5) is 4.79 Å². The fourth-order valence-electron chi connectivity index (χ4n) is 1.04. The van der Waals surface area contributed by atoms with Gasteiger partial charge in [0.05, 0.1) is 11.9 Å². The van der Waals surface area contributed by atoms with Gasteiger partial charge in [0.25, 0.3) is 0 Å². The third-order valence-corrected chi connectivity index (χ3v) is 2.57. The van der Waals surface area contributed by atoms with Crippen LogP contribution in [0, 0.1) is 0 Å². The Morgan fingerprint density at radius 1 is 1.65 bits per heavy atom. The lowest BCUT2D eigenvalue weighted by molar-refractivity contribution is -0.118. The number of carbonyl (C=O) groups is 2. The maximum atomic E-state index is 11.0. The van der Waals surface area contributed by atoms with Gasteiger partial charge >= 0.3 is 6.09 Å². The van der Waals surface area contributed by atoms with Crippen molar-refractivity contribution >= 4 is 36.2 Å². The van der Waals surface area contributed by atoms with E-state index < -0.39 is 12.0 Å². The molecule has 1 aromatic rings. The van der Waals surface area contributed by atoms with E-state index in [1.807, 2.05) is 5.32 Å². The first-order chi connectivity index (χ1) is 8.13. The van der Waals surface area contributed by atoms with Gasteiger partial charge < -0.3 is 9.72 Å². The normalized spacial score (nSPS) is 11.9. The number of nitrogens with zero attached hydrogens (tertiary/aromatic N) is 1. The lowest BCUT2D eigenvalue weighted by atomic mass is 10.3. The number of imide groups is 1. The summed E-state index contributed by atoms with van der Waals surface area (Å²) in [4.78, 5) is 28.7. The van der Waals surface area contributed by atoms with Gasteiger partial charge in [0.2, 0.25) is 5.91 Å². The number of alkyl halides is 1. The van der Waals surface area contributed by atoms with Crippen molar-refractivity contribution in [1.29, 1.82) is 0 Å². The number of carbonyl (C=O) groups excluding carboxylic acids is 2. The van der Waals surface area contributed by atoms with E-state index in [-0.39, 0.29) is 17.7 Å². The number of amides is 2. The first kappa shape index (κ1) is 13.9. The van der Waals surface area contributed by atoms with E-state index in [9.17, 15) is 9.59 Å². The summed E-state index contributed by atoms with van der Waals surface area (Å²) in [5, 5.41) is 1.81. The highest BCUT2D eigenvalue weighted by atomic mass is 35.5. The van der Waals surface area contributed by atoms with Crippen molar-refractivity contribution < 1.29 is 14.3 Å². The van der Waals surface area contributed by atoms with Gasteiger partial charge in [0.1, 0.15) is 11.7 Å². The van der Waals surface area contributed by atoms with Crippen LogP contribution >= 0.6 is 24.2 Å². The zero-order chi connectivity index (χ0) is 12.7. The van der Waals surface area contributed by atoms with Gasteiger partial charge in [-0.1, -0.05) is 0 Å². The fraction of sp³-hybridized carbons (Fsp3) is 0.444. The molecule has 1 unspecified atom stereocenters. The molecule has 1 aromatic heterocycles. The Labute approximate surface area is 108 Å². The van der Waals surface area contributed by atoms with Gasteiger partial charge in [-0.25, -0.2) is 9.78 Å². The largest absolute Gasteiger partial charge is 0.449 e. The Bertz CT molecular complexity index is 372. The second-order valence-electron chi connectivity index (χ2n) is 3.10. The number of halogens is 1. The zero-order valence-electron chi connectivity index (χ0n) is 8.85. The van der Waals surface area contributed by atoms with Crippen molar-refractivity contribution in [3.05, 3.63) is 18.2 Å². The Morgan fingerprint density at radius 3 is 3.00 bits per heavy atom. The molecule has 1 heterocycles. The first-order valence-electron chi connectivity index (χ1n) is 4.83. The van der Waals surface area contributed by atoms with Crippen LogP contribution in [0.5, 0.6) is 0 Å². The number of alkyl carbamates (subject to hydrolysis) is 1. The SMILES string of the molecule is O=C(CCl)NC(=O)OCCC(S)c1ncc[nH]1. The summed E-state index contributed by atoms with van der Waals surface area (Å²) in [6.07, 6.45) is 2.98. The highest BCUT2D eigenvalue weighted by molar-refractivity contribution is 7.80. The van der Waals surface area contributed by atoms with E-state index in [4.69, 9.17) is 16.3 Å². The van der Waals surface area contributed by atoms with Crippen LogP contribution in [0.3, 0.4) is 0 Å². The molecule has 0 radical (unpaired) electrons. The standard InChI is InChI=1S/C9H12ClN3O3S/c10-5-7(14)13-9(15)16-4-1-6(17)8-11-2-3-12-8/h2-3,6,17H,1,4-5H2,(H,11,12)(H,13,14,15). The van der Waals surface area contributed by atoms with Crippen LogP contribution in [0.1, 0.15) is 17.5 Å². The number of H-pyrrole nitrogens is 1. The molecule has 0 aliphatic rings. The Hall–Kier alpha value is -1.21. The number of ether oxygens (including phenoxy) is 1. The predicted molar refractivity (Wildman–Crippen MR) is 65.1 cm³/mol. The molecular weight excluding hydrogens is 266 g/mol. The van der Waals surface area contributed by atoms with E-state index >= 15 is 0 Å². The average Bonchev–Trinajstić information content (AvgIpc) is 2.82. The highest BCUT2D eigenvalue weighted by Gasteiger charge is 2.11. The molecule has 0 aromatic carbocycles. The van der Waals surface area contributed by atoms with E-state index in [1.165, 1.54) is 0 Å². The molecule has 0 fully saturated rings. The van der Waals surface area contributed by atoms with Gasteiger partial charge in [0.15, 0.2) is 0 Å². The number of aromatic amines is 1. The topological polar surface area (TPSA) is 84.1 Å². The smallest absolute Gasteiger partial charge is 0.413 e. The molecule has 0 bridgehead atoms. The van der Waals surface area contributed by atoms with Crippen LogP contribution in [0.25, 0.3) is 0 Å². The summed E-state index contributed by atoms with van der Waals surface area (Å²) in [7, 11) is 0. The molecule has 2 amide bonds. The zero-order valence-corrected chi connectivity index (χ0v) is 10.5. The lowest BCUT2D eigenvalue weighted by Gasteiger charge is -2.08. The van der Waals surface area contributed by atoms with Gasteiger partial charge in [-0.15, -0.1) is 11.6 Å². The number of imidazole rings is 1. The first-order valence-corrected chi connectivity index (χ1v) is 5.88. The minimum absolute atomic E-state index is 0.135. The molecule has 17 heavy (non-hydrogen) atoms. The van der Waals surface area contributed by atoms with Crippen LogP contribution in [0.15, 0.2) is 12.4 Å². The third-order valence-electron chi connectivity index (χ3n) is 1.82. The number of thiol groups is 1. The molecular formula is C9H12ClN3O3S. The summed E-state index contributed by atoms with van der Waals surface area (Å²) < 4.78 is 4.76. The number of rotatable bonds is 5. The molecule has 1 atom stereocenters. The molecule has 0 aliphatic carbocycles. The monoisotopic (exact) mass is 277 g/mol. The van der Waals surface area contributed by atoms with Crippen molar-refractivity contribution in [2.24, 2.45) is 0 Å². The van der Waals surface area contributed by atoms with Crippen molar-refractivity contribution in [3.63, 3.8) is 0 Å². The maximum Gasteiger partial charge on any atom is 0.413 e. The van der Waals surface area contributed by atoms with Crippen LogP contribution < -0.4 is 5.32 Å². The Balaban J connectivity index is 2.19. The molecule has 0 aliphatic heterocycles. The van der Waals surface area contributed by atoms with E-state index in [0.29, 0.717) is 12.2 Å². The van der Waals surface area contributed by atoms with Crippen LogP contribution in [-0.4, -0.2) is 34.5 Å². The van der Waals surface area contributed by atoms with E-state index in [2.05, 4.69) is 22.6 Å². The van der Waals surface area contributed by atoms with Gasteiger partial charge in [-0.2, -0.15) is 12.6 Å². The minimum Gasteiger partial charge on any atom is -0.449 e. The number of hydrogen-bond acceptors (Lipinski definition) is 5. The van der Waals surface area contributed by atoms with Crippen molar-refractivity contribution in [2.45, 2.75) is 11.7 Å². The Kier molecular flexibility index (Phi) is 5.85. The van der Waals surface area contributed by atoms with Gasteiger partial charge in [0, 0.05) is 18.8 Å². The third kappa shape index (κ3) is 5.10. The second-order valence-corrected chi connectivity index (χ2v) is 3.99. The second kappa shape index (κ2) is 7.18. The molecule has 0 saturated heterocycles. The van der Waals surface area contributed by atoms with Gasteiger partial charge in [-0.05, 0) is 0 Å². The average molecular weight is 278 g/mol. The van der Waals surface area contributed by atoms with Crippen molar-refractivity contribution in [2.75, 3.05) is 12.5 Å². The molecule has 0 spiro atoms. The maximum absolute atomic E-state index is 11.0. The predicted octanol–water partition coefficient (Wildman–Crippen LogP) is 1.26. The molecule has 8 heteroatoms. The van der Waals surface area contributed by atoms with Gasteiger partial charge in [-0.3, -0.25) is 10.1 Å². The van der Waals surface area contributed by atoms with E-state index in [0.717, 1.165) is 0 Å². The number of nitrogens with one attached hydrogen (secondary N) is 2. The number of hydrogen-bond donors (Lipinski definition) is 3. The molecule has 1 rings (SSSR count).